The van der Waals surface area contributed by atoms with E-state index in [9.17, 15) is 24.3 Å². The second-order valence-electron chi connectivity index (χ2n) is 8.49. The van der Waals surface area contributed by atoms with Crippen molar-refractivity contribution in [2.24, 2.45) is 17.1 Å². The molecule has 0 aliphatic heterocycles. The molecule has 0 spiro atoms. The van der Waals surface area contributed by atoms with Gasteiger partial charge in [-0.3, -0.25) is 19.2 Å². The molecule has 178 valence electrons. The van der Waals surface area contributed by atoms with E-state index in [2.05, 4.69) is 0 Å². The van der Waals surface area contributed by atoms with Gasteiger partial charge >= 0.3 is 23.9 Å². The second kappa shape index (κ2) is 11.1. The van der Waals surface area contributed by atoms with Gasteiger partial charge in [-0.1, -0.05) is 19.9 Å². The Morgan fingerprint density at radius 2 is 1.56 bits per heavy atom. The maximum Gasteiger partial charge on any atom is 0.321 e. The van der Waals surface area contributed by atoms with Gasteiger partial charge in [-0.15, -0.1) is 0 Å². The molecular weight excluding hydrogens is 418 g/mol. The zero-order valence-electron chi connectivity index (χ0n) is 19.6. The van der Waals surface area contributed by atoms with Crippen LogP contribution in [0.15, 0.2) is 18.2 Å². The van der Waals surface area contributed by atoms with E-state index in [4.69, 9.17) is 19.9 Å². The third-order valence-electron chi connectivity index (χ3n) is 5.57. The molecule has 1 aromatic rings. The summed E-state index contributed by atoms with van der Waals surface area (Å²) in [5.74, 6) is -4.25. The predicted molar refractivity (Wildman–Crippen MR) is 116 cm³/mol. The number of rotatable bonds is 10. The second-order valence-corrected chi connectivity index (χ2v) is 8.49. The SMILES string of the molecule is CCC(C)(C)C(=O)OC(C)C(C)C(c1ccc(OC(C)=O)c(OC(C)=O)c1)[C@H](N)C(=O)O. The number of carbonyl (C=O) groups is 4. The van der Waals surface area contributed by atoms with E-state index >= 15 is 0 Å². The maximum atomic E-state index is 12.5. The highest BCUT2D eigenvalue weighted by Gasteiger charge is 2.37. The molecule has 9 nitrogen and oxygen atoms in total. The number of esters is 3. The van der Waals surface area contributed by atoms with Crippen LogP contribution in [0, 0.1) is 11.3 Å². The van der Waals surface area contributed by atoms with Gasteiger partial charge in [0.25, 0.3) is 0 Å². The van der Waals surface area contributed by atoms with Gasteiger partial charge in [-0.2, -0.15) is 0 Å². The van der Waals surface area contributed by atoms with Crippen LogP contribution in [0.25, 0.3) is 0 Å². The van der Waals surface area contributed by atoms with Gasteiger partial charge in [0.15, 0.2) is 11.5 Å². The van der Waals surface area contributed by atoms with E-state index in [1.54, 1.807) is 33.8 Å². The molecule has 0 bridgehead atoms. The molecule has 0 amide bonds. The first-order valence-corrected chi connectivity index (χ1v) is 10.4. The summed E-state index contributed by atoms with van der Waals surface area (Å²) in [6.45, 7) is 11.2. The number of nitrogens with two attached hydrogens (primary N) is 1. The van der Waals surface area contributed by atoms with Crippen LogP contribution in [0.2, 0.25) is 0 Å². The molecule has 0 saturated carbocycles. The van der Waals surface area contributed by atoms with Crippen molar-refractivity contribution in [2.45, 2.75) is 73.0 Å². The van der Waals surface area contributed by atoms with Gasteiger partial charge in [-0.25, -0.2) is 0 Å². The summed E-state index contributed by atoms with van der Waals surface area (Å²) in [4.78, 5) is 47.2. The normalized spacial score (nSPS) is 15.1. The minimum Gasteiger partial charge on any atom is -0.480 e. The van der Waals surface area contributed by atoms with Crippen molar-refractivity contribution in [2.75, 3.05) is 0 Å². The molecule has 4 atom stereocenters. The molecular formula is C23H33NO8. The highest BCUT2D eigenvalue weighted by Crippen LogP contribution is 2.37. The maximum absolute atomic E-state index is 12.5. The summed E-state index contributed by atoms with van der Waals surface area (Å²) in [6, 6.07) is 3.02. The lowest BCUT2D eigenvalue weighted by molar-refractivity contribution is -0.162. The van der Waals surface area contributed by atoms with E-state index in [0.717, 1.165) is 0 Å². The summed E-state index contributed by atoms with van der Waals surface area (Å²) in [5, 5.41) is 9.59. The fourth-order valence-corrected chi connectivity index (χ4v) is 3.07. The van der Waals surface area contributed by atoms with Crippen LogP contribution < -0.4 is 15.2 Å². The van der Waals surface area contributed by atoms with Gasteiger partial charge < -0.3 is 25.1 Å². The number of carboxylic acids is 1. The van der Waals surface area contributed by atoms with Crippen LogP contribution in [0.3, 0.4) is 0 Å². The minimum absolute atomic E-state index is 0.0101. The molecule has 1 rings (SSSR count). The fraction of sp³-hybridized carbons (Fsp3) is 0.565. The Kier molecular flexibility index (Phi) is 9.38. The van der Waals surface area contributed by atoms with Gasteiger partial charge in [0.1, 0.15) is 12.1 Å². The lowest BCUT2D eigenvalue weighted by Crippen LogP contribution is -2.43. The summed E-state index contributed by atoms with van der Waals surface area (Å²) in [6.07, 6.45) is -0.0806. The molecule has 3 N–H and O–H groups in total. The van der Waals surface area contributed by atoms with Crippen molar-refractivity contribution in [3.63, 3.8) is 0 Å². The van der Waals surface area contributed by atoms with E-state index in [-0.39, 0.29) is 11.5 Å². The zero-order chi connectivity index (χ0) is 24.8. The summed E-state index contributed by atoms with van der Waals surface area (Å²) >= 11 is 0. The van der Waals surface area contributed by atoms with Gasteiger partial charge in [0.2, 0.25) is 0 Å². The standard InChI is InChI=1S/C23H33NO8/c1-8-23(6,7)22(29)30-13(3)12(2)19(20(24)21(27)28)16-9-10-17(31-14(4)25)18(11-16)32-15(5)26/h9-13,19-20H,8,24H2,1-7H3,(H,27,28)/t12?,13?,19?,20-/m0/s1. The van der Waals surface area contributed by atoms with E-state index in [1.165, 1.54) is 26.0 Å². The van der Waals surface area contributed by atoms with Gasteiger partial charge in [-0.05, 0) is 44.9 Å². The smallest absolute Gasteiger partial charge is 0.321 e. The number of benzene rings is 1. The first-order chi connectivity index (χ1) is 14.7. The largest absolute Gasteiger partial charge is 0.480 e. The van der Waals surface area contributed by atoms with Crippen LogP contribution >= 0.6 is 0 Å². The Hall–Kier alpha value is -2.94. The molecule has 9 heteroatoms. The van der Waals surface area contributed by atoms with Crippen molar-refractivity contribution >= 4 is 23.9 Å². The Morgan fingerprint density at radius 3 is 2.03 bits per heavy atom. The number of carboxylic acid groups (broad SMARTS) is 1. The number of hydrogen-bond donors (Lipinski definition) is 2. The molecule has 0 saturated heterocycles. The lowest BCUT2D eigenvalue weighted by atomic mass is 9.79. The van der Waals surface area contributed by atoms with Crippen LogP contribution in [-0.2, 0) is 23.9 Å². The third-order valence-corrected chi connectivity index (χ3v) is 5.57. The molecule has 0 aliphatic rings. The Bertz CT molecular complexity index is 864. The molecule has 0 aliphatic carbocycles. The van der Waals surface area contributed by atoms with E-state index in [0.29, 0.717) is 12.0 Å². The summed E-state index contributed by atoms with van der Waals surface area (Å²) in [7, 11) is 0. The number of aliphatic carboxylic acids is 1. The first-order valence-electron chi connectivity index (χ1n) is 10.4. The van der Waals surface area contributed by atoms with Crippen molar-refractivity contribution in [3.8, 4) is 11.5 Å². The molecule has 1 aromatic carbocycles. The van der Waals surface area contributed by atoms with Crippen molar-refractivity contribution in [1.82, 2.24) is 0 Å². The molecule has 3 unspecified atom stereocenters. The fourth-order valence-electron chi connectivity index (χ4n) is 3.07. The average molecular weight is 452 g/mol. The van der Waals surface area contributed by atoms with Crippen LogP contribution in [0.5, 0.6) is 11.5 Å². The van der Waals surface area contributed by atoms with Crippen LogP contribution in [0.4, 0.5) is 0 Å². The summed E-state index contributed by atoms with van der Waals surface area (Å²) < 4.78 is 15.8. The van der Waals surface area contributed by atoms with Crippen molar-refractivity contribution in [3.05, 3.63) is 23.8 Å². The van der Waals surface area contributed by atoms with Gasteiger partial charge in [0, 0.05) is 25.7 Å². The predicted octanol–water partition coefficient (Wildman–Crippen LogP) is 3.04. The zero-order valence-corrected chi connectivity index (χ0v) is 19.6. The Labute approximate surface area is 188 Å². The average Bonchev–Trinajstić information content (AvgIpc) is 2.68. The quantitative estimate of drug-likeness (QED) is 0.405. The van der Waals surface area contributed by atoms with E-state index < -0.39 is 53.3 Å². The minimum atomic E-state index is -1.34. The molecule has 0 aromatic heterocycles. The number of ether oxygens (including phenoxy) is 3. The highest BCUT2D eigenvalue weighted by molar-refractivity contribution is 5.77. The van der Waals surface area contributed by atoms with Crippen LogP contribution in [-0.4, -0.2) is 41.1 Å². The molecule has 0 fully saturated rings. The van der Waals surface area contributed by atoms with Crippen LogP contribution in [0.1, 0.15) is 66.4 Å². The van der Waals surface area contributed by atoms with E-state index in [1.807, 2.05) is 6.92 Å². The molecule has 32 heavy (non-hydrogen) atoms. The monoisotopic (exact) mass is 451 g/mol. The van der Waals surface area contributed by atoms with Gasteiger partial charge in [0.05, 0.1) is 5.41 Å². The lowest BCUT2D eigenvalue weighted by Gasteiger charge is -2.33. The molecule has 0 radical (unpaired) electrons. The van der Waals surface area contributed by atoms with Crippen molar-refractivity contribution < 1.29 is 38.5 Å². The number of carbonyl (C=O) groups excluding carboxylic acids is 3. The Balaban J connectivity index is 3.39. The third kappa shape index (κ3) is 7.05. The van der Waals surface area contributed by atoms with Crippen molar-refractivity contribution in [1.29, 1.82) is 0 Å². The number of hydrogen-bond acceptors (Lipinski definition) is 8. The summed E-state index contributed by atoms with van der Waals surface area (Å²) in [5.41, 5.74) is 5.75. The Morgan fingerprint density at radius 1 is 1.03 bits per heavy atom. The first kappa shape index (κ1) is 27.1. The topological polar surface area (TPSA) is 142 Å². The highest BCUT2D eigenvalue weighted by atomic mass is 16.6. The molecule has 0 heterocycles.